The molecule has 0 amide bonds. The lowest BCUT2D eigenvalue weighted by molar-refractivity contribution is 0.411. The third-order valence-corrected chi connectivity index (χ3v) is 5.44. The number of ether oxygens (including phenoxy) is 1. The second kappa shape index (κ2) is 4.93. The third kappa shape index (κ3) is 2.33. The molecular formula is C15H20OS. The number of hydrogen-bond acceptors (Lipinski definition) is 2. The van der Waals surface area contributed by atoms with Crippen molar-refractivity contribution in [3.8, 4) is 5.75 Å². The van der Waals surface area contributed by atoms with Gasteiger partial charge in [0.25, 0.3) is 0 Å². The molecule has 3 rings (SSSR count). The molecule has 1 aromatic rings. The van der Waals surface area contributed by atoms with Crippen LogP contribution in [0.25, 0.3) is 0 Å². The Morgan fingerprint density at radius 1 is 1.29 bits per heavy atom. The van der Waals surface area contributed by atoms with Crippen LogP contribution in [0.15, 0.2) is 18.2 Å². The van der Waals surface area contributed by atoms with E-state index in [9.17, 15) is 0 Å². The van der Waals surface area contributed by atoms with E-state index in [1.165, 1.54) is 37.9 Å². The van der Waals surface area contributed by atoms with E-state index in [1.54, 1.807) is 18.2 Å². The van der Waals surface area contributed by atoms with Crippen LogP contribution in [0.3, 0.4) is 0 Å². The summed E-state index contributed by atoms with van der Waals surface area (Å²) in [6.07, 6.45) is 6.81. The van der Waals surface area contributed by atoms with E-state index in [0.29, 0.717) is 0 Å². The average Bonchev–Trinajstić information content (AvgIpc) is 2.35. The lowest BCUT2D eigenvalue weighted by Crippen LogP contribution is -2.22. The molecule has 0 spiro atoms. The molecule has 0 saturated carbocycles. The Bertz CT molecular complexity index is 402. The molecule has 1 nitrogen and oxygen atoms in total. The normalized spacial score (nSPS) is 27.8. The molecule has 0 radical (unpaired) electrons. The minimum absolute atomic E-state index is 0.784. The molecule has 0 aromatic heterocycles. The highest BCUT2D eigenvalue weighted by Crippen LogP contribution is 2.42. The molecule has 0 N–H and O–H groups in total. The summed E-state index contributed by atoms with van der Waals surface area (Å²) in [4.78, 5) is 0. The van der Waals surface area contributed by atoms with Crippen molar-refractivity contribution in [2.24, 2.45) is 0 Å². The molecule has 2 unspecified atom stereocenters. The van der Waals surface area contributed by atoms with Gasteiger partial charge in [0.1, 0.15) is 5.75 Å². The minimum atomic E-state index is 0.784. The van der Waals surface area contributed by atoms with Crippen LogP contribution in [-0.2, 0) is 6.42 Å². The summed E-state index contributed by atoms with van der Waals surface area (Å²) >= 11 is 2.19. The number of thioether (sulfide) groups is 1. The predicted octanol–water partition coefficient (Wildman–Crippen LogP) is 4.01. The largest absolute Gasteiger partial charge is 0.497 e. The fourth-order valence-corrected chi connectivity index (χ4v) is 4.55. The van der Waals surface area contributed by atoms with E-state index >= 15 is 0 Å². The molecule has 2 aliphatic rings. The molecule has 1 aliphatic carbocycles. The molecular weight excluding hydrogens is 228 g/mol. The molecule has 1 fully saturated rings. The van der Waals surface area contributed by atoms with Crippen LogP contribution in [0.1, 0.15) is 42.7 Å². The van der Waals surface area contributed by atoms with E-state index in [1.807, 2.05) is 0 Å². The fourth-order valence-electron chi connectivity index (χ4n) is 3.18. The summed E-state index contributed by atoms with van der Waals surface area (Å²) in [5, 5.41) is 0.862. The Labute approximate surface area is 108 Å². The summed E-state index contributed by atoms with van der Waals surface area (Å²) in [5.74, 6) is 3.17. The Morgan fingerprint density at radius 2 is 2.24 bits per heavy atom. The zero-order chi connectivity index (χ0) is 11.7. The predicted molar refractivity (Wildman–Crippen MR) is 74.2 cm³/mol. The smallest absolute Gasteiger partial charge is 0.119 e. The SMILES string of the molecule is COc1ccc2c(c1)C1CCCCSC(C2)C1. The van der Waals surface area contributed by atoms with Crippen molar-refractivity contribution in [2.75, 3.05) is 12.9 Å². The van der Waals surface area contributed by atoms with E-state index in [0.717, 1.165) is 16.9 Å². The van der Waals surface area contributed by atoms with Gasteiger partial charge >= 0.3 is 0 Å². The molecule has 92 valence electrons. The van der Waals surface area contributed by atoms with Crippen molar-refractivity contribution < 1.29 is 4.74 Å². The van der Waals surface area contributed by atoms with Crippen LogP contribution in [-0.4, -0.2) is 18.1 Å². The summed E-state index contributed by atoms with van der Waals surface area (Å²) in [7, 11) is 1.77. The monoisotopic (exact) mass is 248 g/mol. The third-order valence-electron chi connectivity index (χ3n) is 4.09. The zero-order valence-electron chi connectivity index (χ0n) is 10.4. The summed E-state index contributed by atoms with van der Waals surface area (Å²) in [5.41, 5.74) is 3.14. The topological polar surface area (TPSA) is 9.23 Å². The van der Waals surface area contributed by atoms with Gasteiger partial charge in [-0.1, -0.05) is 12.5 Å². The molecule has 1 aliphatic heterocycles. The maximum absolute atomic E-state index is 5.37. The zero-order valence-corrected chi connectivity index (χ0v) is 11.3. The number of methoxy groups -OCH3 is 1. The van der Waals surface area contributed by atoms with Crippen LogP contribution in [0.4, 0.5) is 0 Å². The molecule has 1 aromatic carbocycles. The molecule has 17 heavy (non-hydrogen) atoms. The van der Waals surface area contributed by atoms with Crippen molar-refractivity contribution in [3.63, 3.8) is 0 Å². The Morgan fingerprint density at radius 3 is 3.12 bits per heavy atom. The van der Waals surface area contributed by atoms with Crippen LogP contribution >= 0.6 is 11.8 Å². The standard InChI is InChI=1S/C15H20OS/c1-16-13-6-5-12-9-14-8-11(15(12)10-13)4-2-3-7-17-14/h5-6,10-11,14H,2-4,7-9H2,1H3. The second-order valence-electron chi connectivity index (χ2n) is 5.19. The fraction of sp³-hybridized carbons (Fsp3) is 0.600. The maximum atomic E-state index is 5.37. The van der Waals surface area contributed by atoms with Crippen LogP contribution in [0, 0.1) is 0 Å². The molecule has 2 bridgehead atoms. The van der Waals surface area contributed by atoms with E-state index in [2.05, 4.69) is 30.0 Å². The second-order valence-corrected chi connectivity index (χ2v) is 6.60. The van der Waals surface area contributed by atoms with Crippen molar-refractivity contribution >= 4 is 11.8 Å². The van der Waals surface area contributed by atoms with Gasteiger partial charge in [-0.25, -0.2) is 0 Å². The van der Waals surface area contributed by atoms with Gasteiger partial charge in [0.2, 0.25) is 0 Å². The van der Waals surface area contributed by atoms with Crippen molar-refractivity contribution in [2.45, 2.75) is 43.3 Å². The highest BCUT2D eigenvalue weighted by Gasteiger charge is 2.28. The van der Waals surface area contributed by atoms with Crippen LogP contribution in [0.5, 0.6) is 5.75 Å². The molecule has 1 saturated heterocycles. The summed E-state index contributed by atoms with van der Waals surface area (Å²) < 4.78 is 5.37. The number of hydrogen-bond donors (Lipinski definition) is 0. The van der Waals surface area contributed by atoms with Gasteiger partial charge in [0, 0.05) is 5.25 Å². The van der Waals surface area contributed by atoms with Crippen molar-refractivity contribution in [3.05, 3.63) is 29.3 Å². The van der Waals surface area contributed by atoms with E-state index in [-0.39, 0.29) is 0 Å². The summed E-state index contributed by atoms with van der Waals surface area (Å²) in [6, 6.07) is 6.69. The average molecular weight is 248 g/mol. The first-order valence-electron chi connectivity index (χ1n) is 6.65. The first-order valence-corrected chi connectivity index (χ1v) is 7.70. The van der Waals surface area contributed by atoms with Gasteiger partial charge in [-0.3, -0.25) is 0 Å². The van der Waals surface area contributed by atoms with Crippen molar-refractivity contribution in [1.82, 2.24) is 0 Å². The first kappa shape index (κ1) is 11.5. The Balaban J connectivity index is 1.95. The van der Waals surface area contributed by atoms with Gasteiger partial charge in [0.05, 0.1) is 7.11 Å². The molecule has 2 atom stereocenters. The Kier molecular flexibility index (Phi) is 3.32. The van der Waals surface area contributed by atoms with Gasteiger partial charge < -0.3 is 4.74 Å². The van der Waals surface area contributed by atoms with Gasteiger partial charge in [-0.2, -0.15) is 11.8 Å². The van der Waals surface area contributed by atoms with E-state index < -0.39 is 0 Å². The van der Waals surface area contributed by atoms with Crippen molar-refractivity contribution in [1.29, 1.82) is 0 Å². The first-order chi connectivity index (χ1) is 8.36. The van der Waals surface area contributed by atoms with Gasteiger partial charge in [0.15, 0.2) is 0 Å². The highest BCUT2D eigenvalue weighted by atomic mass is 32.2. The van der Waals surface area contributed by atoms with Crippen LogP contribution < -0.4 is 4.74 Å². The van der Waals surface area contributed by atoms with Gasteiger partial charge in [-0.05, 0) is 60.6 Å². The van der Waals surface area contributed by atoms with Crippen LogP contribution in [0.2, 0.25) is 0 Å². The maximum Gasteiger partial charge on any atom is 0.119 e. The lowest BCUT2D eigenvalue weighted by atomic mass is 9.79. The quantitative estimate of drug-likeness (QED) is 0.742. The highest BCUT2D eigenvalue weighted by molar-refractivity contribution is 7.99. The van der Waals surface area contributed by atoms with E-state index in [4.69, 9.17) is 4.74 Å². The Hall–Kier alpha value is -0.630. The minimum Gasteiger partial charge on any atom is -0.497 e. The number of benzene rings is 1. The number of rotatable bonds is 1. The molecule has 1 heterocycles. The summed E-state index contributed by atoms with van der Waals surface area (Å²) in [6.45, 7) is 0. The van der Waals surface area contributed by atoms with Gasteiger partial charge in [-0.15, -0.1) is 0 Å². The lowest BCUT2D eigenvalue weighted by Gasteiger charge is -2.33. The number of fused-ring (bicyclic) bond motifs is 4. The molecule has 2 heteroatoms.